The van der Waals surface area contributed by atoms with Gasteiger partial charge in [-0.25, -0.2) is 0 Å². The highest BCUT2D eigenvalue weighted by Gasteiger charge is 2.24. The highest BCUT2D eigenvalue weighted by atomic mass is 16.4. The van der Waals surface area contributed by atoms with Gasteiger partial charge in [0.15, 0.2) is 0 Å². The minimum absolute atomic E-state index is 0.0366. The molecule has 106 valence electrons. The number of para-hydroxylation sites is 1. The van der Waals surface area contributed by atoms with Crippen molar-refractivity contribution in [3.63, 3.8) is 0 Å². The molecule has 1 aromatic heterocycles. The van der Waals surface area contributed by atoms with Crippen LogP contribution in [0, 0.1) is 0 Å². The zero-order valence-electron chi connectivity index (χ0n) is 12.2. The lowest BCUT2D eigenvalue weighted by atomic mass is 10.1. The molecule has 0 fully saturated rings. The van der Waals surface area contributed by atoms with Gasteiger partial charge in [0.2, 0.25) is 5.89 Å². The lowest BCUT2D eigenvalue weighted by molar-refractivity contribution is 0.382. The molecule has 1 aromatic carbocycles. The number of fused-ring (bicyclic) bond motifs is 1. The summed E-state index contributed by atoms with van der Waals surface area (Å²) in [5.74, 6) is 0.624. The van der Waals surface area contributed by atoms with Crippen LogP contribution in [0.4, 0.5) is 11.7 Å². The molecule has 1 aliphatic rings. The molecule has 2 heterocycles. The Morgan fingerprint density at radius 2 is 2.05 bits per heavy atom. The highest BCUT2D eigenvalue weighted by molar-refractivity contribution is 5.64. The van der Waals surface area contributed by atoms with Gasteiger partial charge in [-0.1, -0.05) is 23.3 Å². The van der Waals surface area contributed by atoms with E-state index in [0.717, 1.165) is 13.0 Å². The summed E-state index contributed by atoms with van der Waals surface area (Å²) in [4.78, 5) is 2.09. The van der Waals surface area contributed by atoms with E-state index in [1.807, 2.05) is 6.07 Å². The molecule has 1 N–H and O–H groups in total. The van der Waals surface area contributed by atoms with Crippen molar-refractivity contribution in [1.82, 2.24) is 15.5 Å². The summed E-state index contributed by atoms with van der Waals surface area (Å²) in [5.41, 5.74) is 2.54. The maximum atomic E-state index is 5.76. The van der Waals surface area contributed by atoms with E-state index in [4.69, 9.17) is 4.42 Å². The minimum Gasteiger partial charge on any atom is -0.406 e. The van der Waals surface area contributed by atoms with Crippen LogP contribution < -0.4 is 10.2 Å². The van der Waals surface area contributed by atoms with Crippen molar-refractivity contribution in [3.05, 3.63) is 35.7 Å². The summed E-state index contributed by atoms with van der Waals surface area (Å²) < 4.78 is 5.76. The van der Waals surface area contributed by atoms with Gasteiger partial charge in [0, 0.05) is 17.8 Å². The van der Waals surface area contributed by atoms with Crippen LogP contribution >= 0.6 is 0 Å². The highest BCUT2D eigenvalue weighted by Crippen LogP contribution is 2.33. The molecule has 0 spiro atoms. The predicted molar refractivity (Wildman–Crippen MR) is 78.0 cm³/mol. The van der Waals surface area contributed by atoms with Crippen molar-refractivity contribution in [2.75, 3.05) is 11.4 Å². The molecule has 0 saturated heterocycles. The van der Waals surface area contributed by atoms with Gasteiger partial charge in [0.05, 0.1) is 6.54 Å². The molecule has 0 aliphatic carbocycles. The van der Waals surface area contributed by atoms with Gasteiger partial charge in [-0.15, -0.1) is 5.10 Å². The third-order valence-electron chi connectivity index (χ3n) is 3.34. The van der Waals surface area contributed by atoms with E-state index >= 15 is 0 Å². The second kappa shape index (κ2) is 4.90. The average molecular weight is 272 g/mol. The lowest BCUT2D eigenvalue weighted by Gasteiger charge is -2.18. The molecule has 2 aromatic rings. The maximum Gasteiger partial charge on any atom is 0.322 e. The predicted octanol–water partition coefficient (Wildman–Crippen LogP) is 2.65. The molecule has 0 saturated carbocycles. The number of hydrogen-bond acceptors (Lipinski definition) is 5. The van der Waals surface area contributed by atoms with E-state index in [2.05, 4.69) is 59.4 Å². The lowest BCUT2D eigenvalue weighted by Crippen LogP contribution is -2.35. The first-order valence-corrected chi connectivity index (χ1v) is 6.96. The Morgan fingerprint density at radius 1 is 1.25 bits per heavy atom. The third-order valence-corrected chi connectivity index (χ3v) is 3.34. The van der Waals surface area contributed by atoms with Gasteiger partial charge < -0.3 is 9.73 Å². The fourth-order valence-electron chi connectivity index (χ4n) is 2.30. The molecule has 5 nitrogen and oxygen atoms in total. The number of nitrogens with one attached hydrogen (secondary N) is 1. The van der Waals surface area contributed by atoms with E-state index < -0.39 is 0 Å². The summed E-state index contributed by atoms with van der Waals surface area (Å²) in [5, 5.41) is 11.6. The van der Waals surface area contributed by atoms with Crippen LogP contribution in [-0.4, -0.2) is 22.3 Å². The minimum atomic E-state index is 0.0366. The topological polar surface area (TPSA) is 54.2 Å². The summed E-state index contributed by atoms with van der Waals surface area (Å²) in [6.07, 6.45) is 1.02. The Bertz CT molecular complexity index is 600. The van der Waals surface area contributed by atoms with Crippen molar-refractivity contribution in [2.24, 2.45) is 0 Å². The van der Waals surface area contributed by atoms with Gasteiger partial charge in [-0.2, -0.15) is 0 Å². The quantitative estimate of drug-likeness (QED) is 0.931. The molecule has 0 radical (unpaired) electrons. The zero-order valence-corrected chi connectivity index (χ0v) is 12.2. The van der Waals surface area contributed by atoms with Crippen molar-refractivity contribution in [1.29, 1.82) is 0 Å². The zero-order chi connectivity index (χ0) is 14.2. The Labute approximate surface area is 119 Å². The molecule has 0 unspecified atom stereocenters. The Balaban J connectivity index is 1.75. The molecular formula is C15H20N4O. The molecule has 3 rings (SSSR count). The molecule has 0 bridgehead atoms. The van der Waals surface area contributed by atoms with Crippen LogP contribution in [0.1, 0.15) is 32.2 Å². The first kappa shape index (κ1) is 13.1. The van der Waals surface area contributed by atoms with Crippen LogP contribution in [0.15, 0.2) is 28.7 Å². The van der Waals surface area contributed by atoms with Crippen molar-refractivity contribution in [2.45, 2.75) is 39.3 Å². The fraction of sp³-hybridized carbons (Fsp3) is 0.467. The van der Waals surface area contributed by atoms with Gasteiger partial charge in [-0.05, 0) is 38.8 Å². The van der Waals surface area contributed by atoms with E-state index in [1.54, 1.807) is 0 Å². The van der Waals surface area contributed by atoms with Gasteiger partial charge in [0.1, 0.15) is 0 Å². The van der Waals surface area contributed by atoms with E-state index in [9.17, 15) is 0 Å². The van der Waals surface area contributed by atoms with Crippen molar-refractivity contribution >= 4 is 11.7 Å². The SMILES string of the molecule is CC(C)(C)NCc1nnc(N2CCc3ccccc32)o1. The Hall–Kier alpha value is -1.88. The van der Waals surface area contributed by atoms with Gasteiger partial charge in [-0.3, -0.25) is 4.90 Å². The summed E-state index contributed by atoms with van der Waals surface area (Å²) >= 11 is 0. The fourth-order valence-corrected chi connectivity index (χ4v) is 2.30. The van der Waals surface area contributed by atoms with Crippen molar-refractivity contribution < 1.29 is 4.42 Å². The van der Waals surface area contributed by atoms with E-state index in [0.29, 0.717) is 18.5 Å². The van der Waals surface area contributed by atoms with Crippen LogP contribution in [0.5, 0.6) is 0 Å². The van der Waals surface area contributed by atoms with Crippen molar-refractivity contribution in [3.8, 4) is 0 Å². The smallest absolute Gasteiger partial charge is 0.322 e. The summed E-state index contributed by atoms with van der Waals surface area (Å²) in [6.45, 7) is 7.82. The number of hydrogen-bond donors (Lipinski definition) is 1. The van der Waals surface area contributed by atoms with E-state index in [1.165, 1.54) is 11.3 Å². The second-order valence-electron chi connectivity index (χ2n) is 6.11. The van der Waals surface area contributed by atoms with Crippen LogP contribution in [0.2, 0.25) is 0 Å². The molecular weight excluding hydrogens is 252 g/mol. The summed E-state index contributed by atoms with van der Waals surface area (Å²) in [7, 11) is 0. The molecule has 20 heavy (non-hydrogen) atoms. The molecule has 5 heteroatoms. The second-order valence-corrected chi connectivity index (χ2v) is 6.11. The van der Waals surface area contributed by atoms with Gasteiger partial charge in [0.25, 0.3) is 0 Å². The van der Waals surface area contributed by atoms with Gasteiger partial charge >= 0.3 is 6.01 Å². The number of rotatable bonds is 3. The normalized spacial score (nSPS) is 14.7. The molecule has 0 atom stereocenters. The maximum absolute atomic E-state index is 5.76. The standard InChI is InChI=1S/C15H20N4O/c1-15(2,3)16-10-13-17-18-14(20-13)19-9-8-11-6-4-5-7-12(11)19/h4-7,16H,8-10H2,1-3H3. The number of nitrogens with zero attached hydrogens (tertiary/aromatic N) is 3. The number of anilines is 2. The monoisotopic (exact) mass is 272 g/mol. The first-order valence-electron chi connectivity index (χ1n) is 6.96. The van der Waals surface area contributed by atoms with Crippen LogP contribution in [0.3, 0.4) is 0 Å². The molecule has 1 aliphatic heterocycles. The number of aromatic nitrogens is 2. The average Bonchev–Trinajstić information content (AvgIpc) is 3.01. The van der Waals surface area contributed by atoms with E-state index in [-0.39, 0.29) is 5.54 Å². The first-order chi connectivity index (χ1) is 9.53. The molecule has 0 amide bonds. The Morgan fingerprint density at radius 3 is 2.85 bits per heavy atom. The van der Waals surface area contributed by atoms with Crippen LogP contribution in [0.25, 0.3) is 0 Å². The largest absolute Gasteiger partial charge is 0.406 e. The third kappa shape index (κ3) is 2.67. The Kier molecular flexibility index (Phi) is 3.22. The summed E-state index contributed by atoms with van der Waals surface area (Å²) in [6, 6.07) is 8.93. The number of benzene rings is 1. The van der Waals surface area contributed by atoms with Crippen LogP contribution in [-0.2, 0) is 13.0 Å².